The van der Waals surface area contributed by atoms with Crippen molar-refractivity contribution in [2.24, 2.45) is 0 Å². The molecule has 0 aliphatic heterocycles. The first-order valence-corrected chi connectivity index (χ1v) is 3.90. The third-order valence-electron chi connectivity index (χ3n) is 1.70. The van der Waals surface area contributed by atoms with E-state index in [2.05, 4.69) is 4.74 Å². The van der Waals surface area contributed by atoms with Gasteiger partial charge >= 0.3 is 0 Å². The molecule has 0 aliphatic rings. The molecule has 0 bridgehead atoms. The van der Waals surface area contributed by atoms with E-state index in [-0.39, 0.29) is 12.4 Å². The molecule has 3 heteroatoms. The van der Waals surface area contributed by atoms with E-state index in [1.54, 1.807) is 24.3 Å². The van der Waals surface area contributed by atoms with Gasteiger partial charge in [0.1, 0.15) is 6.61 Å². The first-order valence-electron chi connectivity index (χ1n) is 3.90. The predicted molar refractivity (Wildman–Crippen MR) is 47.3 cm³/mol. The molecule has 0 spiro atoms. The Balaban J connectivity index is 2.90. The van der Waals surface area contributed by atoms with Crippen molar-refractivity contribution in [2.45, 2.75) is 13.5 Å². The van der Waals surface area contributed by atoms with E-state index in [1.807, 2.05) is 0 Å². The standard InChI is InChI=1S/C10H10O3/c1-8(12)10-5-3-2-4-9(10)6-13-7-11/h2-5,7H,6H2,1H3. The van der Waals surface area contributed by atoms with Crippen LogP contribution in [-0.4, -0.2) is 12.3 Å². The summed E-state index contributed by atoms with van der Waals surface area (Å²) >= 11 is 0. The van der Waals surface area contributed by atoms with E-state index >= 15 is 0 Å². The molecule has 0 aromatic heterocycles. The third kappa shape index (κ3) is 2.40. The Kier molecular flexibility index (Phi) is 3.20. The van der Waals surface area contributed by atoms with Gasteiger partial charge in [-0.1, -0.05) is 24.3 Å². The molecule has 0 aliphatic carbocycles. The lowest BCUT2D eigenvalue weighted by molar-refractivity contribution is -0.129. The summed E-state index contributed by atoms with van der Waals surface area (Å²) in [7, 11) is 0. The third-order valence-corrected chi connectivity index (χ3v) is 1.70. The maximum atomic E-state index is 11.1. The molecule has 1 aromatic rings. The topological polar surface area (TPSA) is 43.4 Å². The number of benzene rings is 1. The highest BCUT2D eigenvalue weighted by atomic mass is 16.5. The summed E-state index contributed by atoms with van der Waals surface area (Å²) in [4.78, 5) is 21.0. The van der Waals surface area contributed by atoms with Gasteiger partial charge in [-0.05, 0) is 6.92 Å². The van der Waals surface area contributed by atoms with Gasteiger partial charge in [0, 0.05) is 11.1 Å². The molecule has 0 atom stereocenters. The molecular weight excluding hydrogens is 168 g/mol. The lowest BCUT2D eigenvalue weighted by Gasteiger charge is -2.04. The van der Waals surface area contributed by atoms with Gasteiger partial charge in [-0.3, -0.25) is 9.59 Å². The molecule has 0 radical (unpaired) electrons. The first kappa shape index (κ1) is 9.45. The molecule has 0 fully saturated rings. The van der Waals surface area contributed by atoms with Crippen LogP contribution in [0.2, 0.25) is 0 Å². The van der Waals surface area contributed by atoms with Gasteiger partial charge in [0.15, 0.2) is 5.78 Å². The quantitative estimate of drug-likeness (QED) is 0.519. The Hall–Kier alpha value is -1.64. The lowest BCUT2D eigenvalue weighted by atomic mass is 10.1. The van der Waals surface area contributed by atoms with Crippen LogP contribution in [-0.2, 0) is 16.1 Å². The zero-order chi connectivity index (χ0) is 9.68. The number of ketones is 1. The second kappa shape index (κ2) is 4.40. The van der Waals surface area contributed by atoms with Crippen molar-refractivity contribution in [2.75, 3.05) is 0 Å². The largest absolute Gasteiger partial charge is 0.463 e. The fraction of sp³-hybridized carbons (Fsp3) is 0.200. The van der Waals surface area contributed by atoms with Crippen molar-refractivity contribution < 1.29 is 14.3 Å². The van der Waals surface area contributed by atoms with Crippen molar-refractivity contribution in [3.8, 4) is 0 Å². The van der Waals surface area contributed by atoms with Gasteiger partial charge in [0.05, 0.1) is 0 Å². The van der Waals surface area contributed by atoms with Crippen LogP contribution in [0.4, 0.5) is 0 Å². The molecule has 0 saturated heterocycles. The highest BCUT2D eigenvalue weighted by Crippen LogP contribution is 2.10. The predicted octanol–water partition coefficient (Wildman–Crippen LogP) is 1.56. The summed E-state index contributed by atoms with van der Waals surface area (Å²) in [5, 5.41) is 0. The van der Waals surface area contributed by atoms with E-state index in [0.29, 0.717) is 12.0 Å². The average molecular weight is 178 g/mol. The number of Topliss-reactive ketones (excluding diaryl/α,β-unsaturated/α-hetero) is 1. The van der Waals surface area contributed by atoms with Gasteiger partial charge < -0.3 is 4.74 Å². The molecule has 0 amide bonds. The summed E-state index contributed by atoms with van der Waals surface area (Å²) in [5.41, 5.74) is 1.34. The summed E-state index contributed by atoms with van der Waals surface area (Å²) in [6.07, 6.45) is 0. The maximum Gasteiger partial charge on any atom is 0.293 e. The summed E-state index contributed by atoms with van der Waals surface area (Å²) in [6, 6.07) is 7.06. The summed E-state index contributed by atoms with van der Waals surface area (Å²) < 4.78 is 4.58. The molecule has 0 saturated carbocycles. The van der Waals surface area contributed by atoms with Crippen LogP contribution in [0.5, 0.6) is 0 Å². The van der Waals surface area contributed by atoms with E-state index in [0.717, 1.165) is 5.56 Å². The van der Waals surface area contributed by atoms with E-state index in [4.69, 9.17) is 0 Å². The summed E-state index contributed by atoms with van der Waals surface area (Å²) in [5.74, 6) is -0.0231. The monoisotopic (exact) mass is 178 g/mol. The SMILES string of the molecule is CC(=O)c1ccccc1COC=O. The minimum atomic E-state index is -0.0231. The zero-order valence-electron chi connectivity index (χ0n) is 7.32. The maximum absolute atomic E-state index is 11.1. The minimum Gasteiger partial charge on any atom is -0.463 e. The average Bonchev–Trinajstić information content (AvgIpc) is 2.15. The van der Waals surface area contributed by atoms with Crippen LogP contribution in [0.25, 0.3) is 0 Å². The Bertz CT molecular complexity index is 318. The Labute approximate surface area is 76.3 Å². The fourth-order valence-corrected chi connectivity index (χ4v) is 1.11. The molecule has 1 rings (SSSR count). The smallest absolute Gasteiger partial charge is 0.293 e. The molecule has 0 N–H and O–H groups in total. The van der Waals surface area contributed by atoms with Crippen molar-refractivity contribution in [3.05, 3.63) is 35.4 Å². The first-order chi connectivity index (χ1) is 6.25. The van der Waals surface area contributed by atoms with Gasteiger partial charge in [-0.15, -0.1) is 0 Å². The molecular formula is C10H10O3. The lowest BCUT2D eigenvalue weighted by Crippen LogP contribution is -2.00. The highest BCUT2D eigenvalue weighted by Gasteiger charge is 2.05. The van der Waals surface area contributed by atoms with Crippen LogP contribution < -0.4 is 0 Å². The highest BCUT2D eigenvalue weighted by molar-refractivity contribution is 5.95. The van der Waals surface area contributed by atoms with E-state index < -0.39 is 0 Å². The Morgan fingerprint density at radius 2 is 2.15 bits per heavy atom. The second-order valence-electron chi connectivity index (χ2n) is 2.62. The number of hydrogen-bond donors (Lipinski definition) is 0. The van der Waals surface area contributed by atoms with Crippen LogP contribution in [0.15, 0.2) is 24.3 Å². The Morgan fingerprint density at radius 1 is 1.46 bits per heavy atom. The molecule has 3 nitrogen and oxygen atoms in total. The summed E-state index contributed by atoms with van der Waals surface area (Å²) in [6.45, 7) is 2.01. The molecule has 1 aromatic carbocycles. The molecule has 0 unspecified atom stereocenters. The van der Waals surface area contributed by atoms with E-state index in [9.17, 15) is 9.59 Å². The van der Waals surface area contributed by atoms with Crippen LogP contribution >= 0.6 is 0 Å². The molecule has 0 heterocycles. The van der Waals surface area contributed by atoms with Crippen LogP contribution in [0.1, 0.15) is 22.8 Å². The normalized spacial score (nSPS) is 9.31. The van der Waals surface area contributed by atoms with Gasteiger partial charge in [-0.2, -0.15) is 0 Å². The number of rotatable bonds is 4. The Morgan fingerprint density at radius 3 is 2.77 bits per heavy atom. The van der Waals surface area contributed by atoms with Crippen LogP contribution in [0, 0.1) is 0 Å². The number of ether oxygens (including phenoxy) is 1. The van der Waals surface area contributed by atoms with Crippen molar-refractivity contribution in [1.29, 1.82) is 0 Å². The van der Waals surface area contributed by atoms with Crippen molar-refractivity contribution in [1.82, 2.24) is 0 Å². The minimum absolute atomic E-state index is 0.0231. The number of carbonyl (C=O) groups excluding carboxylic acids is 2. The van der Waals surface area contributed by atoms with Gasteiger partial charge in [-0.25, -0.2) is 0 Å². The zero-order valence-corrected chi connectivity index (χ0v) is 7.32. The van der Waals surface area contributed by atoms with Crippen LogP contribution in [0.3, 0.4) is 0 Å². The molecule has 68 valence electrons. The second-order valence-corrected chi connectivity index (χ2v) is 2.62. The number of carbonyl (C=O) groups is 2. The van der Waals surface area contributed by atoms with Gasteiger partial charge in [0.2, 0.25) is 0 Å². The van der Waals surface area contributed by atoms with E-state index in [1.165, 1.54) is 6.92 Å². The van der Waals surface area contributed by atoms with Gasteiger partial charge in [0.25, 0.3) is 6.47 Å². The number of hydrogen-bond acceptors (Lipinski definition) is 3. The molecule has 13 heavy (non-hydrogen) atoms. The van der Waals surface area contributed by atoms with Crippen molar-refractivity contribution >= 4 is 12.3 Å². The van der Waals surface area contributed by atoms with Crippen molar-refractivity contribution in [3.63, 3.8) is 0 Å². The fourth-order valence-electron chi connectivity index (χ4n) is 1.11.